The van der Waals surface area contributed by atoms with Crippen LogP contribution in [-0.4, -0.2) is 41.0 Å². The predicted molar refractivity (Wildman–Crippen MR) is 82.3 cm³/mol. The second-order valence-electron chi connectivity index (χ2n) is 5.20. The molecule has 0 spiro atoms. The first-order valence-electron chi connectivity index (χ1n) is 6.86. The van der Waals surface area contributed by atoms with E-state index in [4.69, 9.17) is 5.11 Å². The van der Waals surface area contributed by atoms with Gasteiger partial charge in [0.05, 0.1) is 12.0 Å². The smallest absolute Gasteiger partial charge is 0.307 e. The van der Waals surface area contributed by atoms with Crippen molar-refractivity contribution < 1.29 is 14.7 Å². The Kier molecular flexibility index (Phi) is 6.65. The van der Waals surface area contributed by atoms with Crippen LogP contribution in [0, 0.1) is 5.92 Å². The Morgan fingerprint density at radius 2 is 2.05 bits per heavy atom. The van der Waals surface area contributed by atoms with Gasteiger partial charge >= 0.3 is 5.97 Å². The van der Waals surface area contributed by atoms with Gasteiger partial charge in [-0.25, -0.2) is 0 Å². The van der Waals surface area contributed by atoms with E-state index in [1.807, 2.05) is 42.2 Å². The lowest BCUT2D eigenvalue weighted by atomic mass is 10.1. The van der Waals surface area contributed by atoms with Crippen LogP contribution < -0.4 is 5.32 Å². The summed E-state index contributed by atoms with van der Waals surface area (Å²) < 4.78 is 0. The number of hydrogen-bond donors (Lipinski definition) is 2. The molecule has 0 bridgehead atoms. The molecule has 1 aromatic carbocycles. The number of carbonyl (C=O) groups excluding carboxylic acids is 1. The minimum Gasteiger partial charge on any atom is -0.481 e. The van der Waals surface area contributed by atoms with Crippen molar-refractivity contribution in [1.82, 2.24) is 10.2 Å². The SMILES string of the molecule is CC(C(=O)NCc1ccccc1)N1CCC(C(=O)O)C1.Cl. The molecule has 6 heteroatoms. The summed E-state index contributed by atoms with van der Waals surface area (Å²) in [6, 6.07) is 9.43. The van der Waals surface area contributed by atoms with Gasteiger partial charge in [0.1, 0.15) is 0 Å². The summed E-state index contributed by atoms with van der Waals surface area (Å²) in [6.07, 6.45) is 0.617. The van der Waals surface area contributed by atoms with Crippen molar-refractivity contribution in [1.29, 1.82) is 0 Å². The number of aliphatic carboxylic acids is 1. The molecule has 21 heavy (non-hydrogen) atoms. The van der Waals surface area contributed by atoms with Crippen LogP contribution in [0.5, 0.6) is 0 Å². The molecular formula is C15H21ClN2O3. The van der Waals surface area contributed by atoms with Crippen molar-refractivity contribution in [2.45, 2.75) is 25.9 Å². The molecule has 1 aliphatic heterocycles. The van der Waals surface area contributed by atoms with Crippen molar-refractivity contribution in [3.63, 3.8) is 0 Å². The number of carbonyl (C=O) groups is 2. The monoisotopic (exact) mass is 312 g/mol. The zero-order chi connectivity index (χ0) is 14.5. The summed E-state index contributed by atoms with van der Waals surface area (Å²) in [7, 11) is 0. The summed E-state index contributed by atoms with van der Waals surface area (Å²) in [5.74, 6) is -1.18. The molecular weight excluding hydrogens is 292 g/mol. The van der Waals surface area contributed by atoms with Crippen molar-refractivity contribution >= 4 is 24.3 Å². The van der Waals surface area contributed by atoms with Gasteiger partial charge in [-0.1, -0.05) is 30.3 Å². The summed E-state index contributed by atoms with van der Waals surface area (Å²) in [5.41, 5.74) is 1.05. The van der Waals surface area contributed by atoms with Crippen molar-refractivity contribution in [3.8, 4) is 0 Å². The Morgan fingerprint density at radius 3 is 2.62 bits per heavy atom. The molecule has 1 aromatic rings. The van der Waals surface area contributed by atoms with Gasteiger partial charge in [0.15, 0.2) is 0 Å². The van der Waals surface area contributed by atoms with E-state index in [1.165, 1.54) is 0 Å². The number of amides is 1. The molecule has 0 saturated carbocycles. The molecule has 2 N–H and O–H groups in total. The highest BCUT2D eigenvalue weighted by molar-refractivity contribution is 5.85. The first-order chi connectivity index (χ1) is 9.58. The minimum absolute atomic E-state index is 0. The molecule has 2 atom stereocenters. The third-order valence-corrected chi connectivity index (χ3v) is 3.81. The van der Waals surface area contributed by atoms with E-state index in [0.29, 0.717) is 26.1 Å². The Balaban J connectivity index is 0.00000220. The fraction of sp³-hybridized carbons (Fsp3) is 0.467. The van der Waals surface area contributed by atoms with Crippen LogP contribution in [-0.2, 0) is 16.1 Å². The topological polar surface area (TPSA) is 69.6 Å². The van der Waals surface area contributed by atoms with E-state index in [2.05, 4.69) is 5.32 Å². The fourth-order valence-electron chi connectivity index (χ4n) is 2.44. The second-order valence-corrected chi connectivity index (χ2v) is 5.20. The van der Waals surface area contributed by atoms with Crippen LogP contribution in [0.15, 0.2) is 30.3 Å². The molecule has 2 rings (SSSR count). The van der Waals surface area contributed by atoms with E-state index >= 15 is 0 Å². The van der Waals surface area contributed by atoms with Gasteiger partial charge in [0, 0.05) is 13.1 Å². The molecule has 1 fully saturated rings. The Bertz CT molecular complexity index is 481. The van der Waals surface area contributed by atoms with E-state index in [9.17, 15) is 9.59 Å². The largest absolute Gasteiger partial charge is 0.481 e. The summed E-state index contributed by atoms with van der Waals surface area (Å²) >= 11 is 0. The minimum atomic E-state index is -0.774. The van der Waals surface area contributed by atoms with Crippen molar-refractivity contribution in [2.24, 2.45) is 5.92 Å². The lowest BCUT2D eigenvalue weighted by Gasteiger charge is -2.23. The number of carboxylic acids is 1. The summed E-state index contributed by atoms with van der Waals surface area (Å²) in [5, 5.41) is 11.9. The van der Waals surface area contributed by atoms with Gasteiger partial charge in [-0.3, -0.25) is 14.5 Å². The molecule has 1 heterocycles. The number of nitrogens with zero attached hydrogens (tertiary/aromatic N) is 1. The molecule has 5 nitrogen and oxygen atoms in total. The lowest BCUT2D eigenvalue weighted by Crippen LogP contribution is -2.44. The quantitative estimate of drug-likeness (QED) is 0.865. The number of likely N-dealkylation sites (tertiary alicyclic amines) is 1. The highest BCUT2D eigenvalue weighted by Crippen LogP contribution is 2.18. The second kappa shape index (κ2) is 8.00. The highest BCUT2D eigenvalue weighted by Gasteiger charge is 2.32. The van der Waals surface area contributed by atoms with E-state index in [1.54, 1.807) is 0 Å². The summed E-state index contributed by atoms with van der Waals surface area (Å²) in [4.78, 5) is 24.9. The first kappa shape index (κ1) is 17.5. The van der Waals surface area contributed by atoms with Crippen LogP contribution in [0.25, 0.3) is 0 Å². The van der Waals surface area contributed by atoms with Gasteiger partial charge in [-0.15, -0.1) is 12.4 Å². The van der Waals surface area contributed by atoms with Crippen LogP contribution in [0.2, 0.25) is 0 Å². The van der Waals surface area contributed by atoms with Crippen LogP contribution in [0.1, 0.15) is 18.9 Å². The van der Waals surface area contributed by atoms with Gasteiger partial charge < -0.3 is 10.4 Å². The predicted octanol–water partition coefficient (Wildman–Crippen LogP) is 1.52. The normalized spacial score (nSPS) is 19.6. The maximum absolute atomic E-state index is 12.1. The molecule has 1 amide bonds. The third kappa shape index (κ3) is 4.72. The van der Waals surface area contributed by atoms with E-state index < -0.39 is 5.97 Å². The lowest BCUT2D eigenvalue weighted by molar-refractivity contribution is -0.141. The standard InChI is InChI=1S/C15H20N2O3.ClH/c1-11(17-8-7-13(10-17)15(19)20)14(18)16-9-12-5-3-2-4-6-12;/h2-6,11,13H,7-10H2,1H3,(H,16,18)(H,19,20);1H. The molecule has 2 unspecified atom stereocenters. The first-order valence-corrected chi connectivity index (χ1v) is 6.86. The molecule has 0 aromatic heterocycles. The number of halogens is 1. The number of rotatable bonds is 5. The van der Waals surface area contributed by atoms with Gasteiger partial charge in [0.25, 0.3) is 0 Å². The zero-order valence-corrected chi connectivity index (χ0v) is 12.8. The van der Waals surface area contributed by atoms with Gasteiger partial charge in [-0.2, -0.15) is 0 Å². The average Bonchev–Trinajstić information content (AvgIpc) is 2.95. The molecule has 116 valence electrons. The number of carboxylic acid groups (broad SMARTS) is 1. The third-order valence-electron chi connectivity index (χ3n) is 3.81. The maximum Gasteiger partial charge on any atom is 0.307 e. The van der Waals surface area contributed by atoms with Crippen molar-refractivity contribution in [2.75, 3.05) is 13.1 Å². The zero-order valence-electron chi connectivity index (χ0n) is 12.0. The number of nitrogens with one attached hydrogen (secondary N) is 1. The maximum atomic E-state index is 12.1. The molecule has 0 radical (unpaired) electrons. The van der Waals surface area contributed by atoms with Crippen molar-refractivity contribution in [3.05, 3.63) is 35.9 Å². The van der Waals surface area contributed by atoms with E-state index in [-0.39, 0.29) is 30.3 Å². The molecule has 1 aliphatic rings. The van der Waals surface area contributed by atoms with Gasteiger partial charge in [0.2, 0.25) is 5.91 Å². The molecule has 0 aliphatic carbocycles. The average molecular weight is 313 g/mol. The highest BCUT2D eigenvalue weighted by atomic mass is 35.5. The number of hydrogen-bond acceptors (Lipinski definition) is 3. The van der Waals surface area contributed by atoms with E-state index in [0.717, 1.165) is 5.56 Å². The molecule has 1 saturated heterocycles. The number of benzene rings is 1. The fourth-order valence-corrected chi connectivity index (χ4v) is 2.44. The van der Waals surface area contributed by atoms with Crippen LogP contribution >= 0.6 is 12.4 Å². The van der Waals surface area contributed by atoms with Gasteiger partial charge in [-0.05, 0) is 25.5 Å². The Morgan fingerprint density at radius 1 is 1.38 bits per heavy atom. The Hall–Kier alpha value is -1.59. The Labute approximate surface area is 130 Å². The summed E-state index contributed by atoms with van der Waals surface area (Å²) in [6.45, 7) is 3.44. The van der Waals surface area contributed by atoms with Crippen LogP contribution in [0.4, 0.5) is 0 Å². The van der Waals surface area contributed by atoms with Crippen LogP contribution in [0.3, 0.4) is 0 Å².